The third-order valence-corrected chi connectivity index (χ3v) is 4.74. The molecule has 2 atom stereocenters. The van der Waals surface area contributed by atoms with Crippen LogP contribution in [-0.2, 0) is 0 Å². The molecule has 0 spiro atoms. The van der Waals surface area contributed by atoms with E-state index < -0.39 is 35.1 Å². The zero-order chi connectivity index (χ0) is 15.8. The van der Waals surface area contributed by atoms with Gasteiger partial charge in [0.15, 0.2) is 23.3 Å². The zero-order valence-corrected chi connectivity index (χ0v) is 12.0. The molecule has 2 aromatic rings. The highest BCUT2D eigenvalue weighted by Crippen LogP contribution is 2.62. The number of halogens is 4. The Kier molecular flexibility index (Phi) is 2.60. The second kappa shape index (κ2) is 4.22. The lowest BCUT2D eigenvalue weighted by molar-refractivity contribution is 0.400. The van der Waals surface area contributed by atoms with Crippen molar-refractivity contribution in [3.05, 3.63) is 80.9 Å². The molecular formula is C18H12F4. The minimum atomic E-state index is -1.73. The molecule has 2 aliphatic rings. The monoisotopic (exact) mass is 304 g/mol. The molecule has 0 saturated heterocycles. The Morgan fingerprint density at radius 3 is 1.50 bits per heavy atom. The fourth-order valence-corrected chi connectivity index (χ4v) is 3.97. The third kappa shape index (κ3) is 1.38. The maximum absolute atomic E-state index is 14.3. The lowest BCUT2D eigenvalue weighted by Crippen LogP contribution is -2.12. The minimum absolute atomic E-state index is 0.0451. The molecule has 112 valence electrons. The van der Waals surface area contributed by atoms with E-state index >= 15 is 0 Å². The van der Waals surface area contributed by atoms with Crippen LogP contribution in [0.2, 0.25) is 0 Å². The Morgan fingerprint density at radius 1 is 0.727 bits per heavy atom. The van der Waals surface area contributed by atoms with Crippen LogP contribution in [0.15, 0.2) is 35.4 Å². The van der Waals surface area contributed by atoms with E-state index in [-0.39, 0.29) is 11.1 Å². The van der Waals surface area contributed by atoms with Gasteiger partial charge in [-0.3, -0.25) is 0 Å². The zero-order valence-electron chi connectivity index (χ0n) is 12.0. The fourth-order valence-electron chi connectivity index (χ4n) is 3.97. The summed E-state index contributed by atoms with van der Waals surface area (Å²) >= 11 is 0. The van der Waals surface area contributed by atoms with Crippen LogP contribution in [0.4, 0.5) is 17.6 Å². The molecule has 0 aliphatic heterocycles. The molecule has 2 bridgehead atoms. The van der Waals surface area contributed by atoms with Crippen molar-refractivity contribution in [3.8, 4) is 0 Å². The molecule has 0 N–H and O–H groups in total. The molecule has 4 heteroatoms. The number of fused-ring (bicyclic) bond motifs is 8. The van der Waals surface area contributed by atoms with Gasteiger partial charge in [-0.25, -0.2) is 17.6 Å². The highest BCUT2D eigenvalue weighted by Gasteiger charge is 2.50. The van der Waals surface area contributed by atoms with Gasteiger partial charge in [-0.15, -0.1) is 0 Å². The second-order valence-electron chi connectivity index (χ2n) is 6.03. The number of rotatable bonds is 0. The van der Waals surface area contributed by atoms with Crippen LogP contribution in [0.5, 0.6) is 0 Å². The molecule has 0 amide bonds. The Balaban J connectivity index is 2.16. The first-order valence-electron chi connectivity index (χ1n) is 7.07. The first-order chi connectivity index (χ1) is 10.4. The Morgan fingerprint density at radius 2 is 1.14 bits per heavy atom. The summed E-state index contributed by atoms with van der Waals surface area (Å²) in [5, 5.41) is 0. The molecule has 0 radical (unpaired) electrons. The van der Waals surface area contributed by atoms with Crippen LogP contribution in [0.25, 0.3) is 0 Å². The van der Waals surface area contributed by atoms with Crippen molar-refractivity contribution >= 4 is 0 Å². The van der Waals surface area contributed by atoms with Crippen molar-refractivity contribution in [1.82, 2.24) is 0 Å². The van der Waals surface area contributed by atoms with Crippen LogP contribution in [0.1, 0.15) is 47.9 Å². The molecule has 0 unspecified atom stereocenters. The van der Waals surface area contributed by atoms with E-state index in [2.05, 4.69) is 0 Å². The van der Waals surface area contributed by atoms with E-state index in [1.54, 1.807) is 0 Å². The maximum Gasteiger partial charge on any atom is 0.197 e. The lowest BCUT2D eigenvalue weighted by atomic mass is 9.85. The van der Waals surface area contributed by atoms with Crippen molar-refractivity contribution in [2.24, 2.45) is 0 Å². The predicted octanol–water partition coefficient (Wildman–Crippen LogP) is 5.17. The second-order valence-corrected chi connectivity index (χ2v) is 6.03. The summed E-state index contributed by atoms with van der Waals surface area (Å²) in [6, 6.07) is 7.31. The number of hydrogen-bond donors (Lipinski definition) is 0. The van der Waals surface area contributed by atoms with Gasteiger partial charge in [-0.1, -0.05) is 29.8 Å². The van der Waals surface area contributed by atoms with Gasteiger partial charge in [0, 0.05) is 23.0 Å². The van der Waals surface area contributed by atoms with Crippen LogP contribution < -0.4 is 0 Å². The number of hydrogen-bond acceptors (Lipinski definition) is 0. The molecule has 0 nitrogen and oxygen atoms in total. The van der Waals surface area contributed by atoms with Gasteiger partial charge in [0.25, 0.3) is 0 Å². The van der Waals surface area contributed by atoms with E-state index in [9.17, 15) is 17.6 Å². The quantitative estimate of drug-likeness (QED) is 0.272. The standard InChI is InChI=1S/C18H12F4/c1-7(2)10-11-8-5-3-4-6-9(8)12(10)14-13(11)15(19)17(21)18(22)16(14)20/h3-6,11-12H,1-2H3/t11-,12+. The third-order valence-electron chi connectivity index (χ3n) is 4.74. The first kappa shape index (κ1) is 13.6. The molecule has 2 aliphatic carbocycles. The normalized spacial score (nSPS) is 21.1. The summed E-state index contributed by atoms with van der Waals surface area (Å²) in [4.78, 5) is 0. The molecule has 0 fully saturated rings. The lowest BCUT2D eigenvalue weighted by Gasteiger charge is -2.20. The van der Waals surface area contributed by atoms with Crippen LogP contribution >= 0.6 is 0 Å². The molecule has 4 rings (SSSR count). The average molecular weight is 304 g/mol. The minimum Gasteiger partial charge on any atom is -0.203 e. The average Bonchev–Trinajstić information content (AvgIpc) is 3.03. The largest absolute Gasteiger partial charge is 0.203 e. The maximum atomic E-state index is 14.3. The van der Waals surface area contributed by atoms with Gasteiger partial charge < -0.3 is 0 Å². The number of allylic oxidation sites excluding steroid dienone is 2. The summed E-state index contributed by atoms with van der Waals surface area (Å²) in [6.45, 7) is 3.71. The molecular weight excluding hydrogens is 292 g/mol. The van der Waals surface area contributed by atoms with E-state index in [0.29, 0.717) is 0 Å². The van der Waals surface area contributed by atoms with Crippen LogP contribution in [0, 0.1) is 23.3 Å². The molecule has 0 saturated carbocycles. The predicted molar refractivity (Wildman–Crippen MR) is 74.8 cm³/mol. The SMILES string of the molecule is CC(C)=C1[C@@H]2c3ccccc3[C@H]1c1c(F)c(F)c(F)c(F)c12. The summed E-state index contributed by atoms with van der Waals surface area (Å²) in [5.74, 6) is -7.04. The van der Waals surface area contributed by atoms with E-state index in [1.807, 2.05) is 38.1 Å². The van der Waals surface area contributed by atoms with Crippen molar-refractivity contribution in [2.45, 2.75) is 25.7 Å². The van der Waals surface area contributed by atoms with Crippen LogP contribution in [0.3, 0.4) is 0 Å². The fraction of sp³-hybridized carbons (Fsp3) is 0.222. The van der Waals surface area contributed by atoms with E-state index in [4.69, 9.17) is 0 Å². The smallest absolute Gasteiger partial charge is 0.197 e. The Bertz CT molecular complexity index is 796. The first-order valence-corrected chi connectivity index (χ1v) is 7.07. The van der Waals surface area contributed by atoms with Gasteiger partial charge in [0.1, 0.15) is 0 Å². The molecule has 0 heterocycles. The van der Waals surface area contributed by atoms with Gasteiger partial charge in [-0.05, 0) is 30.5 Å². The van der Waals surface area contributed by atoms with Gasteiger partial charge in [-0.2, -0.15) is 0 Å². The van der Waals surface area contributed by atoms with Gasteiger partial charge in [0.05, 0.1) is 0 Å². The highest BCUT2D eigenvalue weighted by molar-refractivity contribution is 5.70. The molecule has 22 heavy (non-hydrogen) atoms. The Labute approximate surface area is 125 Å². The highest BCUT2D eigenvalue weighted by atomic mass is 19.2. The van der Waals surface area contributed by atoms with Gasteiger partial charge >= 0.3 is 0 Å². The summed E-state index contributed by atoms with van der Waals surface area (Å²) in [7, 11) is 0. The molecule has 0 aromatic heterocycles. The van der Waals surface area contributed by atoms with Crippen molar-refractivity contribution < 1.29 is 17.6 Å². The summed E-state index contributed by atoms with van der Waals surface area (Å²) < 4.78 is 56.0. The van der Waals surface area contributed by atoms with E-state index in [1.165, 1.54) is 0 Å². The van der Waals surface area contributed by atoms with Crippen molar-refractivity contribution in [1.29, 1.82) is 0 Å². The summed E-state index contributed by atoms with van der Waals surface area (Å²) in [5.41, 5.74) is 3.36. The van der Waals surface area contributed by atoms with Crippen molar-refractivity contribution in [2.75, 3.05) is 0 Å². The molecule has 2 aromatic carbocycles. The van der Waals surface area contributed by atoms with Crippen LogP contribution in [-0.4, -0.2) is 0 Å². The number of benzene rings is 2. The summed E-state index contributed by atoms with van der Waals surface area (Å²) in [6.07, 6.45) is 0. The Hall–Kier alpha value is -2.10. The topological polar surface area (TPSA) is 0 Å². The van der Waals surface area contributed by atoms with E-state index in [0.717, 1.165) is 22.3 Å². The van der Waals surface area contributed by atoms with Gasteiger partial charge in [0.2, 0.25) is 0 Å². The van der Waals surface area contributed by atoms with Crippen molar-refractivity contribution in [3.63, 3.8) is 0 Å².